The summed E-state index contributed by atoms with van der Waals surface area (Å²) in [7, 11) is 2.87. The van der Waals surface area contributed by atoms with Crippen molar-refractivity contribution in [3.05, 3.63) is 100 Å². The lowest BCUT2D eigenvalue weighted by atomic mass is 10.1. The Labute approximate surface area is 256 Å². The number of amides is 3. The second kappa shape index (κ2) is 12.6. The third-order valence-corrected chi connectivity index (χ3v) is 7.29. The maximum absolute atomic E-state index is 14.2. The van der Waals surface area contributed by atoms with Crippen LogP contribution in [0.2, 0.25) is 10.0 Å². The second-order valence-electron chi connectivity index (χ2n) is 9.25. The van der Waals surface area contributed by atoms with E-state index in [0.717, 1.165) is 6.08 Å². The molecule has 0 fully saturated rings. The van der Waals surface area contributed by atoms with Crippen LogP contribution in [0.25, 0.3) is 0 Å². The molecule has 4 aromatic rings. The molecule has 0 bridgehead atoms. The first-order valence-corrected chi connectivity index (χ1v) is 13.6. The van der Waals surface area contributed by atoms with Gasteiger partial charge in [-0.15, -0.1) is 0 Å². The Kier molecular flexibility index (Phi) is 8.65. The molecule has 0 radical (unpaired) electrons. The van der Waals surface area contributed by atoms with Gasteiger partial charge in [0.2, 0.25) is 11.9 Å². The average Bonchev–Trinajstić information content (AvgIpc) is 3.00. The molecule has 43 heavy (non-hydrogen) atoms. The van der Waals surface area contributed by atoms with Gasteiger partial charge in [0, 0.05) is 17.8 Å². The molecule has 10 nitrogen and oxygen atoms in total. The van der Waals surface area contributed by atoms with E-state index >= 15 is 0 Å². The highest BCUT2D eigenvalue weighted by molar-refractivity contribution is 6.42. The number of nitrogens with zero attached hydrogens (tertiary/aromatic N) is 4. The Morgan fingerprint density at radius 2 is 1.77 bits per heavy atom. The normalized spacial score (nSPS) is 12.4. The molecular weight excluding hydrogens is 598 g/mol. The number of hydrogen-bond acceptors (Lipinski definition) is 7. The number of para-hydroxylation sites is 2. The molecule has 1 aromatic heterocycles. The van der Waals surface area contributed by atoms with E-state index in [9.17, 15) is 14.0 Å². The number of aromatic nitrogens is 2. The summed E-state index contributed by atoms with van der Waals surface area (Å²) < 4.78 is 24.9. The molecule has 220 valence electrons. The summed E-state index contributed by atoms with van der Waals surface area (Å²) in [6.45, 7) is 3.46. The maximum Gasteiger partial charge on any atom is 0.330 e. The molecule has 2 N–H and O–H groups in total. The van der Waals surface area contributed by atoms with Crippen LogP contribution in [0.5, 0.6) is 11.5 Å². The lowest BCUT2D eigenvalue weighted by Crippen LogP contribution is -2.48. The lowest BCUT2D eigenvalue weighted by molar-refractivity contribution is -0.111. The molecule has 5 rings (SSSR count). The van der Waals surface area contributed by atoms with Gasteiger partial charge in [0.15, 0.2) is 0 Å². The minimum Gasteiger partial charge on any atom is -0.495 e. The average molecular weight is 623 g/mol. The number of halogens is 3. The Balaban J connectivity index is 1.59. The van der Waals surface area contributed by atoms with Crippen LogP contribution in [0.4, 0.5) is 38.0 Å². The number of benzene rings is 3. The largest absolute Gasteiger partial charge is 0.495 e. The number of methoxy groups -OCH3 is 2. The van der Waals surface area contributed by atoms with Crippen molar-refractivity contribution in [2.45, 2.75) is 13.1 Å². The monoisotopic (exact) mass is 622 g/mol. The summed E-state index contributed by atoms with van der Waals surface area (Å²) in [4.78, 5) is 38.0. The van der Waals surface area contributed by atoms with Gasteiger partial charge in [0.25, 0.3) is 0 Å². The SMILES string of the molecule is C=CC(=O)Nc1ccccc1Nc1ncc2c(n1)N(Cc1cccc(F)c1)C(=O)N(c1c(Cl)c(OC)cc(OC)c1Cl)C2. The molecule has 0 saturated heterocycles. The van der Waals surface area contributed by atoms with Crippen LogP contribution in [0.3, 0.4) is 0 Å². The molecular formula is C30H25Cl2FN6O4. The van der Waals surface area contributed by atoms with E-state index in [1.54, 1.807) is 42.6 Å². The van der Waals surface area contributed by atoms with Gasteiger partial charge in [0.05, 0.1) is 44.4 Å². The van der Waals surface area contributed by atoms with Crippen molar-refractivity contribution in [2.24, 2.45) is 0 Å². The Morgan fingerprint density at radius 1 is 1.07 bits per heavy atom. The second-order valence-corrected chi connectivity index (χ2v) is 10.0. The van der Waals surface area contributed by atoms with Gasteiger partial charge in [-0.25, -0.2) is 14.2 Å². The zero-order chi connectivity index (χ0) is 30.7. The minimum atomic E-state index is -0.529. The highest BCUT2D eigenvalue weighted by atomic mass is 35.5. The topological polar surface area (TPSA) is 109 Å². The smallest absolute Gasteiger partial charge is 0.330 e. The van der Waals surface area contributed by atoms with E-state index in [4.69, 9.17) is 32.7 Å². The summed E-state index contributed by atoms with van der Waals surface area (Å²) in [5.41, 5.74) is 2.24. The van der Waals surface area contributed by atoms with Crippen molar-refractivity contribution >= 4 is 64.0 Å². The van der Waals surface area contributed by atoms with E-state index in [-0.39, 0.29) is 58.0 Å². The molecule has 2 heterocycles. The highest BCUT2D eigenvalue weighted by Gasteiger charge is 2.37. The van der Waals surface area contributed by atoms with Gasteiger partial charge in [-0.1, -0.05) is 54.0 Å². The van der Waals surface area contributed by atoms with E-state index < -0.39 is 11.8 Å². The van der Waals surface area contributed by atoms with Gasteiger partial charge in [-0.2, -0.15) is 4.98 Å². The van der Waals surface area contributed by atoms with Crippen molar-refractivity contribution in [2.75, 3.05) is 34.7 Å². The zero-order valence-corrected chi connectivity index (χ0v) is 24.5. The molecule has 0 aliphatic carbocycles. The van der Waals surface area contributed by atoms with E-state index in [2.05, 4.69) is 27.2 Å². The van der Waals surface area contributed by atoms with Gasteiger partial charge in [0.1, 0.15) is 33.2 Å². The van der Waals surface area contributed by atoms with E-state index in [1.165, 1.54) is 42.2 Å². The highest BCUT2D eigenvalue weighted by Crippen LogP contribution is 2.48. The number of ether oxygens (including phenoxy) is 2. The third-order valence-electron chi connectivity index (χ3n) is 6.55. The van der Waals surface area contributed by atoms with Crippen LogP contribution in [0.15, 0.2) is 73.4 Å². The number of fused-ring (bicyclic) bond motifs is 1. The Bertz CT molecular complexity index is 1710. The number of urea groups is 1. The molecule has 3 aromatic carbocycles. The van der Waals surface area contributed by atoms with Gasteiger partial charge >= 0.3 is 6.03 Å². The fourth-order valence-electron chi connectivity index (χ4n) is 4.53. The molecule has 0 atom stereocenters. The number of carbonyl (C=O) groups is 2. The van der Waals surface area contributed by atoms with Crippen LogP contribution in [-0.2, 0) is 17.9 Å². The Morgan fingerprint density at radius 3 is 2.42 bits per heavy atom. The van der Waals surface area contributed by atoms with Crippen LogP contribution in [0.1, 0.15) is 11.1 Å². The standard InChI is InChI=1S/C30H25Cl2FN6O4/c1-4-24(40)35-20-10-5-6-11-21(20)36-29-34-14-18-16-38(27-25(31)22(42-2)13-23(43-3)26(27)32)30(41)39(28(18)37-29)15-17-8-7-9-19(33)12-17/h4-14H,1,15-16H2,2-3H3,(H,35,40)(H,34,36,37). The summed E-state index contributed by atoms with van der Waals surface area (Å²) >= 11 is 13.3. The quantitative estimate of drug-likeness (QED) is 0.194. The van der Waals surface area contributed by atoms with E-state index in [0.29, 0.717) is 22.5 Å². The molecule has 0 unspecified atom stereocenters. The molecule has 1 aliphatic heterocycles. The van der Waals surface area contributed by atoms with Crippen LogP contribution in [-0.4, -0.2) is 36.1 Å². The first-order chi connectivity index (χ1) is 20.7. The number of nitrogens with one attached hydrogen (secondary N) is 2. The predicted octanol–water partition coefficient (Wildman–Crippen LogP) is 6.95. The summed E-state index contributed by atoms with van der Waals surface area (Å²) in [5, 5.41) is 6.03. The first-order valence-electron chi connectivity index (χ1n) is 12.8. The molecule has 0 spiro atoms. The first kappa shape index (κ1) is 29.6. The summed E-state index contributed by atoms with van der Waals surface area (Å²) in [6.07, 6.45) is 2.72. The molecule has 13 heteroatoms. The van der Waals surface area contributed by atoms with Crippen LogP contribution >= 0.6 is 23.2 Å². The Hall–Kier alpha value is -4.87. The number of rotatable bonds is 9. The predicted molar refractivity (Wildman–Crippen MR) is 164 cm³/mol. The van der Waals surface area contributed by atoms with Gasteiger partial charge < -0.3 is 20.1 Å². The van der Waals surface area contributed by atoms with Crippen molar-refractivity contribution in [1.82, 2.24) is 9.97 Å². The number of anilines is 5. The molecule has 3 amide bonds. The van der Waals surface area contributed by atoms with Crippen LogP contribution < -0.4 is 29.9 Å². The van der Waals surface area contributed by atoms with Crippen molar-refractivity contribution in [1.29, 1.82) is 0 Å². The minimum absolute atomic E-state index is 0.00976. The van der Waals surface area contributed by atoms with Crippen molar-refractivity contribution < 1.29 is 23.5 Å². The number of hydrogen-bond donors (Lipinski definition) is 2. The fraction of sp³-hybridized carbons (Fsp3) is 0.133. The van der Waals surface area contributed by atoms with Crippen molar-refractivity contribution in [3.63, 3.8) is 0 Å². The van der Waals surface area contributed by atoms with Crippen LogP contribution in [0, 0.1) is 5.82 Å². The third kappa shape index (κ3) is 6.04. The fourth-order valence-corrected chi connectivity index (χ4v) is 5.23. The lowest BCUT2D eigenvalue weighted by Gasteiger charge is -2.37. The molecule has 1 aliphatic rings. The maximum atomic E-state index is 14.2. The molecule has 0 saturated carbocycles. The summed E-state index contributed by atoms with van der Waals surface area (Å²) in [5.74, 6) is 0.115. The van der Waals surface area contributed by atoms with Gasteiger partial charge in [-0.3, -0.25) is 14.6 Å². The van der Waals surface area contributed by atoms with E-state index in [1.807, 2.05) is 0 Å². The zero-order valence-electron chi connectivity index (χ0n) is 23.0. The number of carbonyl (C=O) groups excluding carboxylic acids is 2. The summed E-state index contributed by atoms with van der Waals surface area (Å²) in [6, 6.07) is 13.9. The van der Waals surface area contributed by atoms with Crippen molar-refractivity contribution in [3.8, 4) is 11.5 Å². The van der Waals surface area contributed by atoms with Gasteiger partial charge in [-0.05, 0) is 35.9 Å².